The van der Waals surface area contributed by atoms with Crippen molar-refractivity contribution in [1.82, 2.24) is 0 Å². The predicted molar refractivity (Wildman–Crippen MR) is 44.0 cm³/mol. The van der Waals surface area contributed by atoms with Gasteiger partial charge >= 0.3 is 0 Å². The molecule has 1 aromatic rings. The molecule has 0 nitrogen and oxygen atoms in total. The van der Waals surface area contributed by atoms with E-state index < -0.39 is 0 Å². The number of hydrogen-bond donors (Lipinski definition) is 0. The Kier molecular flexibility index (Phi) is 9.18. The first kappa shape index (κ1) is 16.7. The van der Waals surface area contributed by atoms with Crippen LogP contribution in [0.4, 0.5) is 14.1 Å². The van der Waals surface area contributed by atoms with E-state index in [-0.39, 0.29) is 26.5 Å². The van der Waals surface area contributed by atoms with Crippen molar-refractivity contribution < 1.29 is 14.1 Å². The summed E-state index contributed by atoms with van der Waals surface area (Å²) in [5.41, 5.74) is 2.97. The Morgan fingerprint density at radius 2 is 1.27 bits per heavy atom. The zero-order valence-electron chi connectivity index (χ0n) is 5.65. The summed E-state index contributed by atoms with van der Waals surface area (Å²) in [7, 11) is 0. The van der Waals surface area contributed by atoms with Crippen molar-refractivity contribution in [2.75, 3.05) is 0 Å². The highest BCUT2D eigenvalue weighted by Gasteiger charge is 2.04. The molecule has 0 radical (unpaired) electrons. The number of benzene rings is 1. The number of hydrogen-bond acceptors (Lipinski definition) is 0. The van der Waals surface area contributed by atoms with Crippen molar-refractivity contribution >= 4 is 12.4 Å². The predicted octanol–water partition coefficient (Wildman–Crippen LogP) is 2.47. The lowest BCUT2D eigenvalue weighted by molar-refractivity contribution is 1.09. The van der Waals surface area contributed by atoms with E-state index in [0.717, 1.165) is 0 Å². The molecule has 2 aliphatic rings. The lowest BCUT2D eigenvalue weighted by atomic mass is 9.94. The maximum Gasteiger partial charge on any atom is -0.00256 e. The smallest absolute Gasteiger partial charge is 0.00256 e. The molecule has 0 fully saturated rings. The summed E-state index contributed by atoms with van der Waals surface area (Å²) in [5, 5.41) is 0. The van der Waals surface area contributed by atoms with Gasteiger partial charge in [0.05, 0.1) is 0 Å². The molecule has 0 heterocycles. The summed E-state index contributed by atoms with van der Waals surface area (Å²) in [6, 6.07) is 8.65. The van der Waals surface area contributed by atoms with Crippen molar-refractivity contribution in [3.63, 3.8) is 0 Å². The van der Waals surface area contributed by atoms with Crippen LogP contribution in [-0.2, 0) is 6.42 Å². The molecule has 0 atom stereocenters. The second-order valence-corrected chi connectivity index (χ2v) is 2.00. The molecule has 0 N–H and O–H groups in total. The average molecular weight is 187 g/mol. The maximum atomic E-state index is 2.22. The van der Waals surface area contributed by atoms with E-state index >= 15 is 0 Å². The normalized spacial score (nSPS) is 8.36. The van der Waals surface area contributed by atoms with Crippen LogP contribution in [0.15, 0.2) is 24.3 Å². The lowest BCUT2D eigenvalue weighted by Gasteiger charge is -2.11. The molecule has 0 aromatic heterocycles. The van der Waals surface area contributed by atoms with Crippen LogP contribution in [0.2, 0.25) is 0 Å². The summed E-state index contributed by atoms with van der Waals surface area (Å²) in [6.07, 6.45) is 1.22. The van der Waals surface area contributed by atoms with Gasteiger partial charge in [0.2, 0.25) is 0 Å². The van der Waals surface area contributed by atoms with E-state index in [9.17, 15) is 0 Å². The first-order chi connectivity index (χ1) is 3.45. The maximum absolute atomic E-state index is 2.22. The van der Waals surface area contributed by atoms with Crippen molar-refractivity contribution in [2.45, 2.75) is 6.42 Å². The molecule has 2 bridgehead atoms. The van der Waals surface area contributed by atoms with Crippen molar-refractivity contribution in [2.24, 2.45) is 0 Å². The molecular weight excluding hydrogens is 177 g/mol. The number of halogens is 4. The van der Waals surface area contributed by atoms with Gasteiger partial charge in [0.25, 0.3) is 0 Å². The quantitative estimate of drug-likeness (QED) is 0.593. The molecular formula is C7H10ClF3. The van der Waals surface area contributed by atoms with Crippen LogP contribution in [0, 0.1) is 0 Å². The van der Waals surface area contributed by atoms with Crippen LogP contribution < -0.4 is 0 Å². The van der Waals surface area contributed by atoms with E-state index in [0.29, 0.717) is 0 Å². The highest BCUT2D eigenvalue weighted by atomic mass is 35.5. The molecule has 3 rings (SSSR count). The van der Waals surface area contributed by atoms with Crippen LogP contribution in [0.3, 0.4) is 0 Å². The fourth-order valence-corrected chi connectivity index (χ4v) is 0.954. The summed E-state index contributed by atoms with van der Waals surface area (Å²) in [6.45, 7) is 0. The first-order valence-electron chi connectivity index (χ1n) is 2.53. The van der Waals surface area contributed by atoms with Gasteiger partial charge in [-0.1, -0.05) is 24.3 Å². The second kappa shape index (κ2) is 6.04. The Morgan fingerprint density at radius 1 is 0.909 bits per heavy atom. The third-order valence-electron chi connectivity index (χ3n) is 1.40. The molecule has 4 heteroatoms. The van der Waals surface area contributed by atoms with Gasteiger partial charge in [-0.15, -0.1) is 12.4 Å². The Labute approximate surface area is 69.1 Å². The molecule has 0 amide bonds. The summed E-state index contributed by atoms with van der Waals surface area (Å²) < 4.78 is 0. The Hall–Kier alpha value is -0.700. The van der Waals surface area contributed by atoms with E-state index in [1.807, 2.05) is 0 Å². The number of fused-ring (bicyclic) bond motifs is 2. The summed E-state index contributed by atoms with van der Waals surface area (Å²) in [5.74, 6) is 0. The van der Waals surface area contributed by atoms with Crippen LogP contribution in [0.5, 0.6) is 0 Å². The minimum Gasteiger partial charge on any atom is -0.269 e. The van der Waals surface area contributed by atoms with Gasteiger partial charge < -0.3 is 0 Å². The second-order valence-electron chi connectivity index (χ2n) is 2.00. The van der Waals surface area contributed by atoms with Crippen LogP contribution >= 0.6 is 12.4 Å². The summed E-state index contributed by atoms with van der Waals surface area (Å²) >= 11 is 0. The molecule has 2 aliphatic carbocycles. The highest BCUT2D eigenvalue weighted by molar-refractivity contribution is 5.85. The first-order valence-corrected chi connectivity index (χ1v) is 2.53. The van der Waals surface area contributed by atoms with Gasteiger partial charge in [-0.2, -0.15) is 0 Å². The highest BCUT2D eigenvalue weighted by Crippen LogP contribution is 2.18. The van der Waals surface area contributed by atoms with E-state index in [1.165, 1.54) is 17.5 Å². The largest absolute Gasteiger partial charge is 0.269 e. The van der Waals surface area contributed by atoms with Gasteiger partial charge in [-0.25, -0.2) is 0 Å². The zero-order chi connectivity index (χ0) is 4.69. The van der Waals surface area contributed by atoms with Gasteiger partial charge in [-0.05, 0) is 17.5 Å². The third-order valence-corrected chi connectivity index (χ3v) is 1.40. The Bertz CT molecular complexity index is 178. The van der Waals surface area contributed by atoms with E-state index in [1.54, 1.807) is 0 Å². The van der Waals surface area contributed by atoms with Crippen molar-refractivity contribution in [1.29, 1.82) is 0 Å². The average Bonchev–Trinajstić information content (AvgIpc) is 1.67. The van der Waals surface area contributed by atoms with Crippen molar-refractivity contribution in [3.8, 4) is 0 Å². The standard InChI is InChI=1S/C7H6.ClH.3FH/c1-2-6-4-7(3-1)5-6;;;;/h1-4H,5H2;4*1H. The van der Waals surface area contributed by atoms with Gasteiger partial charge in [0.1, 0.15) is 0 Å². The molecule has 0 aliphatic heterocycles. The fraction of sp³-hybridized carbons (Fsp3) is 0.143. The van der Waals surface area contributed by atoms with E-state index in [2.05, 4.69) is 24.3 Å². The zero-order valence-corrected chi connectivity index (χ0v) is 6.47. The van der Waals surface area contributed by atoms with Crippen LogP contribution in [0.25, 0.3) is 0 Å². The molecule has 11 heavy (non-hydrogen) atoms. The van der Waals surface area contributed by atoms with Crippen LogP contribution in [0.1, 0.15) is 11.1 Å². The van der Waals surface area contributed by atoms with Crippen molar-refractivity contribution in [3.05, 3.63) is 35.4 Å². The third kappa shape index (κ3) is 2.80. The molecule has 0 unspecified atom stereocenters. The van der Waals surface area contributed by atoms with E-state index in [4.69, 9.17) is 0 Å². The molecule has 66 valence electrons. The molecule has 0 spiro atoms. The lowest BCUT2D eigenvalue weighted by Crippen LogP contribution is -1.97. The Morgan fingerprint density at radius 3 is 1.36 bits per heavy atom. The number of rotatable bonds is 0. The van der Waals surface area contributed by atoms with Gasteiger partial charge in [0.15, 0.2) is 0 Å². The fourth-order valence-electron chi connectivity index (χ4n) is 0.954. The Balaban J connectivity index is -0.000000160. The van der Waals surface area contributed by atoms with Gasteiger partial charge in [-0.3, -0.25) is 14.1 Å². The molecule has 0 saturated carbocycles. The SMILES string of the molecule is Cl.F.F.F.c1cc2cc(c1)C2. The minimum absolute atomic E-state index is 0. The van der Waals surface area contributed by atoms with Gasteiger partial charge in [0, 0.05) is 0 Å². The summed E-state index contributed by atoms with van der Waals surface area (Å²) in [4.78, 5) is 0. The molecule has 0 saturated heterocycles. The minimum atomic E-state index is 0. The monoisotopic (exact) mass is 186 g/mol. The topological polar surface area (TPSA) is 0 Å². The molecule has 1 aromatic carbocycles. The van der Waals surface area contributed by atoms with Crippen LogP contribution in [-0.4, -0.2) is 0 Å².